The molecule has 160 valence electrons. The number of hydrogen-bond donors (Lipinski definition) is 1. The van der Waals surface area contributed by atoms with Crippen LogP contribution in [0, 0.1) is 5.82 Å². The van der Waals surface area contributed by atoms with Crippen molar-refractivity contribution in [2.45, 2.75) is 50.5 Å². The molecular weight excluding hydrogens is 379 g/mol. The van der Waals surface area contributed by atoms with E-state index in [-0.39, 0.29) is 17.8 Å². The van der Waals surface area contributed by atoms with E-state index in [0.29, 0.717) is 31.6 Å². The van der Waals surface area contributed by atoms with Crippen molar-refractivity contribution >= 4 is 11.6 Å². The van der Waals surface area contributed by atoms with Gasteiger partial charge in [-0.1, -0.05) is 30.3 Å². The molecule has 1 atom stereocenters. The molecule has 30 heavy (non-hydrogen) atoms. The lowest BCUT2D eigenvalue weighted by molar-refractivity contribution is -0.131. The first-order valence-corrected chi connectivity index (χ1v) is 11.1. The highest BCUT2D eigenvalue weighted by Gasteiger charge is 2.43. The number of nitrogens with zero attached hydrogens (tertiary/aromatic N) is 1. The first kappa shape index (κ1) is 20.9. The summed E-state index contributed by atoms with van der Waals surface area (Å²) in [5.41, 5.74) is 1.88. The maximum atomic E-state index is 14.6. The van der Waals surface area contributed by atoms with Crippen LogP contribution in [-0.4, -0.2) is 32.2 Å². The Hall–Kier alpha value is -2.40. The number of anilines is 1. The van der Waals surface area contributed by atoms with Crippen LogP contribution in [0.4, 0.5) is 10.1 Å². The standard InChI is InChI=1S/C25H31FN2O2/c1-19(20-9-11-21(12-10-20)28-15-5-2-6-16-28)27-24(29)25(13-17-30-18-14-25)22-7-3-4-8-23(22)26/h3-4,7-12,19H,2,5-6,13-18H2,1H3,(H,27,29)/t19-/m0/s1. The van der Waals surface area contributed by atoms with Gasteiger partial charge < -0.3 is 15.0 Å². The zero-order valence-electron chi connectivity index (χ0n) is 17.7. The molecule has 2 aliphatic rings. The summed E-state index contributed by atoms with van der Waals surface area (Å²) in [6.07, 6.45) is 4.78. The first-order valence-electron chi connectivity index (χ1n) is 11.1. The van der Waals surface area contributed by atoms with E-state index in [9.17, 15) is 9.18 Å². The Morgan fingerprint density at radius 3 is 2.37 bits per heavy atom. The monoisotopic (exact) mass is 410 g/mol. The maximum Gasteiger partial charge on any atom is 0.231 e. The van der Waals surface area contributed by atoms with Gasteiger partial charge in [-0.25, -0.2) is 4.39 Å². The number of amides is 1. The van der Waals surface area contributed by atoms with E-state index >= 15 is 0 Å². The van der Waals surface area contributed by atoms with Gasteiger partial charge in [-0.2, -0.15) is 0 Å². The van der Waals surface area contributed by atoms with Gasteiger partial charge in [0.2, 0.25) is 5.91 Å². The summed E-state index contributed by atoms with van der Waals surface area (Å²) >= 11 is 0. The van der Waals surface area contributed by atoms with Crippen molar-refractivity contribution in [3.05, 3.63) is 65.5 Å². The van der Waals surface area contributed by atoms with Crippen molar-refractivity contribution in [1.29, 1.82) is 0 Å². The Morgan fingerprint density at radius 2 is 1.70 bits per heavy atom. The van der Waals surface area contributed by atoms with E-state index in [1.54, 1.807) is 18.2 Å². The molecule has 0 unspecified atom stereocenters. The third kappa shape index (κ3) is 4.22. The van der Waals surface area contributed by atoms with E-state index in [0.717, 1.165) is 18.7 Å². The van der Waals surface area contributed by atoms with E-state index in [1.807, 2.05) is 6.92 Å². The van der Waals surface area contributed by atoms with Crippen LogP contribution >= 0.6 is 0 Å². The van der Waals surface area contributed by atoms with E-state index < -0.39 is 5.41 Å². The second-order valence-corrected chi connectivity index (χ2v) is 8.51. The van der Waals surface area contributed by atoms with Gasteiger partial charge >= 0.3 is 0 Å². The quantitative estimate of drug-likeness (QED) is 0.774. The normalized spacial score (nSPS) is 19.9. The second-order valence-electron chi connectivity index (χ2n) is 8.51. The molecule has 2 aromatic carbocycles. The van der Waals surface area contributed by atoms with Crippen LogP contribution < -0.4 is 10.2 Å². The van der Waals surface area contributed by atoms with Gasteiger partial charge in [0.15, 0.2) is 0 Å². The molecule has 0 saturated carbocycles. The number of carbonyl (C=O) groups is 1. The molecule has 0 bridgehead atoms. The molecule has 2 aliphatic heterocycles. The smallest absolute Gasteiger partial charge is 0.231 e. The number of ether oxygens (including phenoxy) is 1. The summed E-state index contributed by atoms with van der Waals surface area (Å²) in [6.45, 7) is 5.13. The topological polar surface area (TPSA) is 41.6 Å². The Labute approximate surface area is 178 Å². The fourth-order valence-corrected chi connectivity index (χ4v) is 4.73. The zero-order valence-corrected chi connectivity index (χ0v) is 17.7. The molecule has 2 aromatic rings. The molecule has 1 N–H and O–H groups in total. The van der Waals surface area contributed by atoms with Gasteiger partial charge in [-0.3, -0.25) is 4.79 Å². The summed E-state index contributed by atoms with van der Waals surface area (Å²) < 4.78 is 20.1. The molecule has 1 amide bonds. The molecule has 0 radical (unpaired) electrons. The number of rotatable bonds is 5. The lowest BCUT2D eigenvalue weighted by Crippen LogP contribution is -2.49. The first-order chi connectivity index (χ1) is 14.6. The molecule has 4 nitrogen and oxygen atoms in total. The molecule has 5 heteroatoms. The summed E-state index contributed by atoms with van der Waals surface area (Å²) in [5.74, 6) is -0.448. The summed E-state index contributed by atoms with van der Waals surface area (Å²) in [6, 6.07) is 14.9. The van der Waals surface area contributed by atoms with Crippen LogP contribution in [0.5, 0.6) is 0 Å². The molecule has 0 aliphatic carbocycles. The van der Waals surface area contributed by atoms with Gasteiger partial charge in [-0.05, 0) is 62.8 Å². The lowest BCUT2D eigenvalue weighted by Gasteiger charge is -2.37. The average Bonchev–Trinajstić information content (AvgIpc) is 2.80. The summed E-state index contributed by atoms with van der Waals surface area (Å²) in [5, 5.41) is 3.16. The van der Waals surface area contributed by atoms with E-state index in [1.165, 1.54) is 31.0 Å². The Morgan fingerprint density at radius 1 is 1.03 bits per heavy atom. The van der Waals surface area contributed by atoms with Gasteiger partial charge in [-0.15, -0.1) is 0 Å². The minimum Gasteiger partial charge on any atom is -0.381 e. The van der Waals surface area contributed by atoms with Gasteiger partial charge in [0.1, 0.15) is 5.82 Å². The second kappa shape index (κ2) is 9.17. The molecule has 0 aromatic heterocycles. The summed E-state index contributed by atoms with van der Waals surface area (Å²) in [7, 11) is 0. The molecule has 2 fully saturated rings. The van der Waals surface area contributed by atoms with Crippen LogP contribution in [-0.2, 0) is 14.9 Å². The highest BCUT2D eigenvalue weighted by molar-refractivity contribution is 5.88. The average molecular weight is 411 g/mol. The number of piperidine rings is 1. The van der Waals surface area contributed by atoms with Crippen molar-refractivity contribution in [1.82, 2.24) is 5.32 Å². The fraction of sp³-hybridized carbons (Fsp3) is 0.480. The van der Waals surface area contributed by atoms with Gasteiger partial charge in [0.25, 0.3) is 0 Å². The zero-order chi connectivity index (χ0) is 21.0. The molecule has 0 spiro atoms. The fourth-order valence-electron chi connectivity index (χ4n) is 4.73. The van der Waals surface area contributed by atoms with Crippen LogP contribution in [0.2, 0.25) is 0 Å². The predicted octanol–water partition coefficient (Wildman–Crippen LogP) is 4.74. The molecule has 2 saturated heterocycles. The number of benzene rings is 2. The number of halogens is 1. The van der Waals surface area contributed by atoms with Crippen LogP contribution in [0.1, 0.15) is 56.2 Å². The van der Waals surface area contributed by atoms with Gasteiger partial charge in [0, 0.05) is 37.6 Å². The van der Waals surface area contributed by atoms with Crippen molar-refractivity contribution in [2.75, 3.05) is 31.2 Å². The van der Waals surface area contributed by atoms with Crippen molar-refractivity contribution in [2.24, 2.45) is 0 Å². The minimum absolute atomic E-state index is 0.122. The molecule has 4 rings (SSSR count). The molecule has 2 heterocycles. The van der Waals surface area contributed by atoms with Crippen LogP contribution in [0.15, 0.2) is 48.5 Å². The number of hydrogen-bond acceptors (Lipinski definition) is 3. The van der Waals surface area contributed by atoms with Crippen molar-refractivity contribution < 1.29 is 13.9 Å². The largest absolute Gasteiger partial charge is 0.381 e. The van der Waals surface area contributed by atoms with E-state index in [2.05, 4.69) is 34.5 Å². The van der Waals surface area contributed by atoms with Crippen LogP contribution in [0.3, 0.4) is 0 Å². The summed E-state index contributed by atoms with van der Waals surface area (Å²) in [4.78, 5) is 15.9. The number of carbonyl (C=O) groups excluding carboxylic acids is 1. The Balaban J connectivity index is 1.50. The van der Waals surface area contributed by atoms with Crippen molar-refractivity contribution in [3.63, 3.8) is 0 Å². The highest BCUT2D eigenvalue weighted by Crippen LogP contribution is 2.37. The van der Waals surface area contributed by atoms with Crippen LogP contribution in [0.25, 0.3) is 0 Å². The van der Waals surface area contributed by atoms with E-state index in [4.69, 9.17) is 4.74 Å². The number of nitrogens with one attached hydrogen (secondary N) is 1. The third-order valence-corrected chi connectivity index (χ3v) is 6.63. The molecular formula is C25H31FN2O2. The third-order valence-electron chi connectivity index (χ3n) is 6.63. The lowest BCUT2D eigenvalue weighted by atomic mass is 9.73. The van der Waals surface area contributed by atoms with Crippen molar-refractivity contribution in [3.8, 4) is 0 Å². The highest BCUT2D eigenvalue weighted by atomic mass is 19.1. The maximum absolute atomic E-state index is 14.6. The Kier molecular flexibility index (Phi) is 6.38. The predicted molar refractivity (Wildman–Crippen MR) is 117 cm³/mol. The SMILES string of the molecule is C[C@H](NC(=O)C1(c2ccccc2F)CCOCC1)c1ccc(N2CCCCC2)cc1. The van der Waals surface area contributed by atoms with Gasteiger partial charge in [0.05, 0.1) is 11.5 Å². The minimum atomic E-state index is -0.883. The Bertz CT molecular complexity index is 856.